The van der Waals surface area contributed by atoms with Crippen molar-refractivity contribution in [3.63, 3.8) is 0 Å². The number of nitrogens with zero attached hydrogens (tertiary/aromatic N) is 5. The molecule has 4 rings (SSSR count). The van der Waals surface area contributed by atoms with Gasteiger partial charge in [0.2, 0.25) is 0 Å². The highest BCUT2D eigenvalue weighted by Crippen LogP contribution is 2.28. The zero-order valence-corrected chi connectivity index (χ0v) is 14.1. The molecule has 122 valence electrons. The Labute approximate surface area is 139 Å². The lowest BCUT2D eigenvalue weighted by Gasteiger charge is -2.31. The van der Waals surface area contributed by atoms with E-state index in [1.807, 2.05) is 21.7 Å². The van der Waals surface area contributed by atoms with Gasteiger partial charge in [0.15, 0.2) is 5.82 Å². The number of piperidine rings is 1. The number of likely N-dealkylation sites (tertiary alicyclic amines) is 1. The molecule has 0 bridgehead atoms. The zero-order chi connectivity index (χ0) is 15.8. The van der Waals surface area contributed by atoms with Crippen molar-refractivity contribution < 1.29 is 4.79 Å². The fourth-order valence-electron chi connectivity index (χ4n) is 3.49. The van der Waals surface area contributed by atoms with Gasteiger partial charge in [0, 0.05) is 24.4 Å². The molecule has 2 aliphatic rings. The largest absolute Gasteiger partial charge is 0.329 e. The molecule has 6 nitrogen and oxygen atoms in total. The lowest BCUT2D eigenvalue weighted by atomic mass is 9.96. The first-order valence-electron chi connectivity index (χ1n) is 8.14. The first kappa shape index (κ1) is 14.8. The van der Waals surface area contributed by atoms with Gasteiger partial charge >= 0.3 is 0 Å². The van der Waals surface area contributed by atoms with Crippen molar-refractivity contribution in [2.24, 2.45) is 0 Å². The Bertz CT molecular complexity index is 687. The third-order valence-corrected chi connectivity index (χ3v) is 5.60. The lowest BCUT2D eigenvalue weighted by molar-refractivity contribution is 0.0706. The van der Waals surface area contributed by atoms with Gasteiger partial charge in [0.25, 0.3) is 5.91 Å². The minimum atomic E-state index is 0.0985. The number of carbonyl (C=O) groups excluding carboxylic acids is 1. The van der Waals surface area contributed by atoms with E-state index in [1.165, 1.54) is 0 Å². The third kappa shape index (κ3) is 2.79. The number of hydrogen-bond donors (Lipinski definition) is 0. The van der Waals surface area contributed by atoms with Gasteiger partial charge in [0.1, 0.15) is 5.82 Å². The summed E-state index contributed by atoms with van der Waals surface area (Å²) in [4.78, 5) is 16.7. The first-order chi connectivity index (χ1) is 11.2. The van der Waals surface area contributed by atoms with Gasteiger partial charge in [-0.3, -0.25) is 4.79 Å². The van der Waals surface area contributed by atoms with Crippen molar-refractivity contribution in [1.29, 1.82) is 0 Å². The molecule has 23 heavy (non-hydrogen) atoms. The normalized spacial score (nSPS) is 19.8. The molecular weight excluding hydrogens is 310 g/mol. The average molecular weight is 331 g/mol. The Morgan fingerprint density at radius 3 is 2.78 bits per heavy atom. The van der Waals surface area contributed by atoms with E-state index in [4.69, 9.17) is 0 Å². The highest BCUT2D eigenvalue weighted by Gasteiger charge is 2.29. The Kier molecular flexibility index (Phi) is 3.90. The molecule has 0 unspecified atom stereocenters. The summed E-state index contributed by atoms with van der Waals surface area (Å²) in [5, 5.41) is 12.7. The molecule has 0 aliphatic carbocycles. The van der Waals surface area contributed by atoms with Crippen LogP contribution in [0.15, 0.2) is 16.8 Å². The highest BCUT2D eigenvalue weighted by atomic mass is 32.1. The predicted octanol–water partition coefficient (Wildman–Crippen LogP) is 1.80. The maximum absolute atomic E-state index is 12.5. The van der Waals surface area contributed by atoms with Crippen LogP contribution in [0, 0.1) is 0 Å². The summed E-state index contributed by atoms with van der Waals surface area (Å²) in [6, 6.07) is 1.89. The van der Waals surface area contributed by atoms with Crippen molar-refractivity contribution in [3.8, 4) is 0 Å². The minimum Gasteiger partial charge on any atom is -0.329 e. The smallest absolute Gasteiger partial charge is 0.255 e. The molecule has 2 aromatic heterocycles. The number of carbonyl (C=O) groups is 1. The summed E-state index contributed by atoms with van der Waals surface area (Å²) < 4.78 is 2.24. The van der Waals surface area contributed by atoms with Gasteiger partial charge in [-0.2, -0.15) is 11.3 Å². The molecule has 0 atom stereocenters. The lowest BCUT2D eigenvalue weighted by Crippen LogP contribution is -2.39. The molecule has 1 saturated heterocycles. The monoisotopic (exact) mass is 331 g/mol. The number of aromatic nitrogens is 3. The summed E-state index contributed by atoms with van der Waals surface area (Å²) >= 11 is 1.56. The minimum absolute atomic E-state index is 0.0985. The molecular formula is C16H21N5OS. The fraction of sp³-hybridized carbons (Fsp3) is 0.562. The molecule has 0 radical (unpaired) electrons. The van der Waals surface area contributed by atoms with E-state index in [9.17, 15) is 4.79 Å². The number of hydrogen-bond acceptors (Lipinski definition) is 5. The van der Waals surface area contributed by atoms with Gasteiger partial charge in [0.05, 0.1) is 12.1 Å². The summed E-state index contributed by atoms with van der Waals surface area (Å²) in [5.41, 5.74) is 0.776. The average Bonchev–Trinajstić information content (AvgIpc) is 3.24. The molecule has 7 heteroatoms. The van der Waals surface area contributed by atoms with Crippen molar-refractivity contribution >= 4 is 17.2 Å². The molecule has 1 amide bonds. The van der Waals surface area contributed by atoms with Gasteiger partial charge in [-0.15, -0.1) is 10.2 Å². The van der Waals surface area contributed by atoms with Crippen LogP contribution in [0.5, 0.6) is 0 Å². The van der Waals surface area contributed by atoms with E-state index in [1.54, 1.807) is 11.3 Å². The molecule has 0 aromatic carbocycles. The van der Waals surface area contributed by atoms with E-state index in [0.29, 0.717) is 12.5 Å². The first-order valence-corrected chi connectivity index (χ1v) is 9.08. The third-order valence-electron chi connectivity index (χ3n) is 4.92. The van der Waals surface area contributed by atoms with E-state index < -0.39 is 0 Å². The van der Waals surface area contributed by atoms with Gasteiger partial charge in [-0.1, -0.05) is 0 Å². The molecule has 4 heterocycles. The number of thiophene rings is 1. The second-order valence-corrected chi connectivity index (χ2v) is 7.22. The number of fused-ring (bicyclic) bond motifs is 1. The Morgan fingerprint density at radius 2 is 2.04 bits per heavy atom. The van der Waals surface area contributed by atoms with Crippen molar-refractivity contribution in [1.82, 2.24) is 24.6 Å². The maximum atomic E-state index is 12.5. The maximum Gasteiger partial charge on any atom is 0.255 e. The summed E-state index contributed by atoms with van der Waals surface area (Å²) in [7, 11) is 2.17. The molecule has 1 fully saturated rings. The van der Waals surface area contributed by atoms with Crippen molar-refractivity contribution in [2.45, 2.75) is 31.8 Å². The topological polar surface area (TPSA) is 54.3 Å². The predicted molar refractivity (Wildman–Crippen MR) is 88.6 cm³/mol. The van der Waals surface area contributed by atoms with Crippen molar-refractivity contribution in [2.75, 3.05) is 26.7 Å². The van der Waals surface area contributed by atoms with Gasteiger partial charge in [-0.05, 0) is 44.4 Å². The molecule has 2 aliphatic heterocycles. The van der Waals surface area contributed by atoms with E-state index in [-0.39, 0.29) is 5.91 Å². The molecule has 0 saturated carbocycles. The van der Waals surface area contributed by atoms with Gasteiger partial charge in [-0.25, -0.2) is 0 Å². The second-order valence-electron chi connectivity index (χ2n) is 6.44. The van der Waals surface area contributed by atoms with Crippen LogP contribution in [0.25, 0.3) is 0 Å². The summed E-state index contributed by atoms with van der Waals surface area (Å²) in [6.45, 7) is 4.35. The van der Waals surface area contributed by atoms with Crippen LogP contribution in [-0.4, -0.2) is 57.2 Å². The van der Waals surface area contributed by atoms with Crippen LogP contribution in [0.1, 0.15) is 40.8 Å². The zero-order valence-electron chi connectivity index (χ0n) is 13.3. The van der Waals surface area contributed by atoms with E-state index in [2.05, 4.69) is 26.7 Å². The Morgan fingerprint density at radius 1 is 1.22 bits per heavy atom. The van der Waals surface area contributed by atoms with E-state index >= 15 is 0 Å². The molecule has 0 spiro atoms. The molecule has 2 aromatic rings. The Balaban J connectivity index is 1.50. The van der Waals surface area contributed by atoms with Crippen LogP contribution in [0.4, 0.5) is 0 Å². The molecule has 0 N–H and O–H groups in total. The highest BCUT2D eigenvalue weighted by molar-refractivity contribution is 7.08. The second kappa shape index (κ2) is 6.05. The van der Waals surface area contributed by atoms with Crippen LogP contribution >= 0.6 is 11.3 Å². The summed E-state index contributed by atoms with van der Waals surface area (Å²) in [5.74, 6) is 2.65. The van der Waals surface area contributed by atoms with Crippen LogP contribution < -0.4 is 0 Å². The van der Waals surface area contributed by atoms with Crippen LogP contribution in [-0.2, 0) is 13.1 Å². The summed E-state index contributed by atoms with van der Waals surface area (Å²) in [6.07, 6.45) is 2.29. The quantitative estimate of drug-likeness (QED) is 0.842. The fourth-order valence-corrected chi connectivity index (χ4v) is 4.12. The number of amides is 1. The van der Waals surface area contributed by atoms with E-state index in [0.717, 1.165) is 56.2 Å². The standard InChI is InChI=1S/C16H21N5OS/c1-19-5-2-12(3-6-19)15-18-17-14-10-20(7-8-21(14)15)16(22)13-4-9-23-11-13/h4,9,11-12H,2-3,5-8,10H2,1H3. The van der Waals surface area contributed by atoms with Crippen molar-refractivity contribution in [3.05, 3.63) is 34.0 Å². The van der Waals surface area contributed by atoms with Crippen LogP contribution in [0.2, 0.25) is 0 Å². The number of rotatable bonds is 2. The SMILES string of the molecule is CN1CCC(c2nnc3n2CCN(C(=O)c2ccsc2)C3)CC1. The van der Waals surface area contributed by atoms with Gasteiger partial charge < -0.3 is 14.4 Å². The Hall–Kier alpha value is -1.73. The van der Waals surface area contributed by atoms with Crippen LogP contribution in [0.3, 0.4) is 0 Å².